The lowest BCUT2D eigenvalue weighted by molar-refractivity contribution is -0.384. The van der Waals surface area contributed by atoms with E-state index in [1.807, 2.05) is 29.2 Å². The number of carbonyl (C=O) groups is 1. The van der Waals surface area contributed by atoms with Crippen LogP contribution in [0.2, 0.25) is 5.02 Å². The standard InChI is InChI=1S/C26H23ClN6O4/c27-20-7-6-17(33(36)37)13-18(20)21-19(14-28)24(34)29-23-22(21)25(35)31-26(30-23)32-10-8-16(9-11-32)12-15-4-2-1-3-5-15/h1-7,13,16,19,21H,8-12H2,(H2,29,30,31,34,35). The number of halogens is 1. The molecule has 5 rings (SSSR count). The highest BCUT2D eigenvalue weighted by atomic mass is 35.5. The second-order valence-electron chi connectivity index (χ2n) is 9.31. The molecule has 0 radical (unpaired) electrons. The summed E-state index contributed by atoms with van der Waals surface area (Å²) in [6, 6.07) is 16.0. The lowest BCUT2D eigenvalue weighted by Gasteiger charge is -2.34. The third-order valence-corrected chi connectivity index (χ3v) is 7.40. The van der Waals surface area contributed by atoms with E-state index in [2.05, 4.69) is 27.4 Å². The van der Waals surface area contributed by atoms with Crippen LogP contribution in [0.3, 0.4) is 0 Å². The number of carbonyl (C=O) groups excluding carboxylic acids is 1. The van der Waals surface area contributed by atoms with Gasteiger partial charge in [-0.1, -0.05) is 41.9 Å². The Kier molecular flexibility index (Phi) is 6.63. The van der Waals surface area contributed by atoms with Crippen LogP contribution in [0.15, 0.2) is 53.3 Å². The number of aromatic amines is 1. The Balaban J connectivity index is 1.45. The molecule has 0 spiro atoms. The molecule has 37 heavy (non-hydrogen) atoms. The number of nitriles is 1. The highest BCUT2D eigenvalue weighted by Gasteiger charge is 2.42. The van der Waals surface area contributed by atoms with E-state index >= 15 is 0 Å². The van der Waals surface area contributed by atoms with E-state index in [1.165, 1.54) is 23.8 Å². The van der Waals surface area contributed by atoms with Gasteiger partial charge in [-0.3, -0.25) is 24.7 Å². The molecule has 1 aromatic heterocycles. The predicted octanol–water partition coefficient (Wildman–Crippen LogP) is 4.01. The fraction of sp³-hybridized carbons (Fsp3) is 0.308. The maximum atomic E-state index is 13.4. The highest BCUT2D eigenvalue weighted by molar-refractivity contribution is 6.31. The topological polar surface area (TPSA) is 145 Å². The van der Waals surface area contributed by atoms with Gasteiger partial charge in [-0.25, -0.2) is 0 Å². The molecule has 2 aliphatic heterocycles. The summed E-state index contributed by atoms with van der Waals surface area (Å²) in [5.41, 5.74) is 0.709. The molecule has 11 heteroatoms. The van der Waals surface area contributed by atoms with E-state index in [0.717, 1.165) is 19.3 Å². The first kappa shape index (κ1) is 24.5. The fourth-order valence-electron chi connectivity index (χ4n) is 5.16. The molecule has 1 saturated heterocycles. The number of nitrogens with zero attached hydrogens (tertiary/aromatic N) is 4. The number of amides is 1. The maximum absolute atomic E-state index is 13.4. The van der Waals surface area contributed by atoms with Gasteiger partial charge in [-0.05, 0) is 42.4 Å². The third kappa shape index (κ3) is 4.78. The number of fused-ring (bicyclic) bond motifs is 1. The molecule has 0 saturated carbocycles. The van der Waals surface area contributed by atoms with Gasteiger partial charge in [0, 0.05) is 36.2 Å². The van der Waals surface area contributed by atoms with E-state index in [4.69, 9.17) is 11.6 Å². The molecule has 188 valence electrons. The van der Waals surface area contributed by atoms with Crippen LogP contribution in [-0.2, 0) is 11.2 Å². The van der Waals surface area contributed by atoms with Crippen LogP contribution in [0.5, 0.6) is 0 Å². The molecule has 2 aliphatic rings. The molecule has 2 atom stereocenters. The van der Waals surface area contributed by atoms with Gasteiger partial charge in [0.2, 0.25) is 11.9 Å². The largest absolute Gasteiger partial charge is 0.342 e. The van der Waals surface area contributed by atoms with Crippen molar-refractivity contribution in [3.63, 3.8) is 0 Å². The maximum Gasteiger partial charge on any atom is 0.269 e. The van der Waals surface area contributed by atoms with Crippen molar-refractivity contribution in [3.8, 4) is 6.07 Å². The summed E-state index contributed by atoms with van der Waals surface area (Å²) < 4.78 is 0. The Morgan fingerprint density at radius 3 is 2.57 bits per heavy atom. The molecular weight excluding hydrogens is 496 g/mol. The second kappa shape index (κ2) is 10.0. The summed E-state index contributed by atoms with van der Waals surface area (Å²) in [5, 5.41) is 23.8. The van der Waals surface area contributed by atoms with E-state index in [0.29, 0.717) is 25.0 Å². The van der Waals surface area contributed by atoms with Gasteiger partial charge < -0.3 is 10.2 Å². The smallest absolute Gasteiger partial charge is 0.269 e. The number of H-pyrrole nitrogens is 1. The number of nitro benzene ring substituents is 1. The lowest BCUT2D eigenvalue weighted by Crippen LogP contribution is -2.41. The van der Waals surface area contributed by atoms with Gasteiger partial charge >= 0.3 is 0 Å². The van der Waals surface area contributed by atoms with Crippen LogP contribution in [0, 0.1) is 33.3 Å². The molecule has 1 fully saturated rings. The number of anilines is 2. The van der Waals surface area contributed by atoms with Crippen LogP contribution in [0.25, 0.3) is 0 Å². The molecule has 1 amide bonds. The van der Waals surface area contributed by atoms with Crippen LogP contribution in [0.4, 0.5) is 17.5 Å². The fourth-order valence-corrected chi connectivity index (χ4v) is 5.40. The zero-order valence-electron chi connectivity index (χ0n) is 19.7. The number of aromatic nitrogens is 2. The summed E-state index contributed by atoms with van der Waals surface area (Å²) in [5.74, 6) is -2.18. The molecule has 2 N–H and O–H groups in total. The first-order valence-electron chi connectivity index (χ1n) is 11.9. The van der Waals surface area contributed by atoms with Crippen LogP contribution >= 0.6 is 11.6 Å². The second-order valence-corrected chi connectivity index (χ2v) is 9.72. The van der Waals surface area contributed by atoms with E-state index in [1.54, 1.807) is 0 Å². The van der Waals surface area contributed by atoms with Crippen molar-refractivity contribution < 1.29 is 9.72 Å². The Morgan fingerprint density at radius 1 is 1.16 bits per heavy atom. The predicted molar refractivity (Wildman–Crippen MR) is 138 cm³/mol. The highest BCUT2D eigenvalue weighted by Crippen LogP contribution is 2.42. The van der Waals surface area contributed by atoms with Crippen molar-refractivity contribution in [2.45, 2.75) is 25.2 Å². The molecule has 2 aromatic carbocycles. The normalized spacial score (nSPS) is 19.6. The number of hydrogen-bond donors (Lipinski definition) is 2. The molecule has 10 nitrogen and oxygen atoms in total. The first-order valence-corrected chi connectivity index (χ1v) is 12.3. The minimum absolute atomic E-state index is 0.0363. The Morgan fingerprint density at radius 2 is 1.89 bits per heavy atom. The van der Waals surface area contributed by atoms with Crippen molar-refractivity contribution in [1.29, 1.82) is 5.26 Å². The van der Waals surface area contributed by atoms with Gasteiger partial charge in [0.15, 0.2) is 0 Å². The number of non-ortho nitro benzene ring substituents is 1. The van der Waals surface area contributed by atoms with Crippen molar-refractivity contribution in [2.24, 2.45) is 11.8 Å². The zero-order chi connectivity index (χ0) is 26.1. The quantitative estimate of drug-likeness (QED) is 0.383. The Bertz CT molecular complexity index is 1460. The monoisotopic (exact) mass is 518 g/mol. The SMILES string of the molecule is N#CC1C(=O)Nc2nc(N3CCC(Cc4ccccc4)CC3)[nH]c(=O)c2C1c1cc([N+](=O)[O-])ccc1Cl. The third-order valence-electron chi connectivity index (χ3n) is 7.06. The zero-order valence-corrected chi connectivity index (χ0v) is 20.4. The molecule has 0 bridgehead atoms. The van der Waals surface area contributed by atoms with Gasteiger partial charge in [0.1, 0.15) is 11.7 Å². The summed E-state index contributed by atoms with van der Waals surface area (Å²) in [4.78, 5) is 46.3. The summed E-state index contributed by atoms with van der Waals surface area (Å²) in [6.45, 7) is 1.38. The van der Waals surface area contributed by atoms with Crippen molar-refractivity contribution in [2.75, 3.05) is 23.3 Å². The van der Waals surface area contributed by atoms with Crippen molar-refractivity contribution in [1.82, 2.24) is 9.97 Å². The molecule has 0 aliphatic carbocycles. The van der Waals surface area contributed by atoms with Crippen molar-refractivity contribution >= 4 is 35.0 Å². The first-order chi connectivity index (χ1) is 17.9. The van der Waals surface area contributed by atoms with Gasteiger partial charge in [0.25, 0.3) is 11.2 Å². The van der Waals surface area contributed by atoms with Crippen LogP contribution in [0.1, 0.15) is 35.4 Å². The molecule has 3 heterocycles. The van der Waals surface area contributed by atoms with Crippen molar-refractivity contribution in [3.05, 3.63) is 90.7 Å². The summed E-state index contributed by atoms with van der Waals surface area (Å²) in [7, 11) is 0. The molecule has 2 unspecified atom stereocenters. The summed E-state index contributed by atoms with van der Waals surface area (Å²) >= 11 is 6.34. The average Bonchev–Trinajstić information content (AvgIpc) is 2.89. The van der Waals surface area contributed by atoms with E-state index in [-0.39, 0.29) is 27.7 Å². The Labute approximate surface area is 217 Å². The number of benzene rings is 2. The molecular formula is C26H23ClN6O4. The minimum Gasteiger partial charge on any atom is -0.342 e. The number of hydrogen-bond acceptors (Lipinski definition) is 7. The minimum atomic E-state index is -1.31. The number of nitrogens with one attached hydrogen (secondary N) is 2. The summed E-state index contributed by atoms with van der Waals surface area (Å²) in [6.07, 6.45) is 2.83. The lowest BCUT2D eigenvalue weighted by atomic mass is 9.79. The van der Waals surface area contributed by atoms with E-state index < -0.39 is 28.2 Å². The van der Waals surface area contributed by atoms with E-state index in [9.17, 15) is 25.0 Å². The Hall–Kier alpha value is -4.23. The van der Waals surface area contributed by atoms with Gasteiger partial charge in [-0.15, -0.1) is 0 Å². The molecule has 3 aromatic rings. The van der Waals surface area contributed by atoms with Gasteiger partial charge in [-0.2, -0.15) is 10.2 Å². The van der Waals surface area contributed by atoms with Crippen LogP contribution in [-0.4, -0.2) is 33.9 Å². The van der Waals surface area contributed by atoms with Crippen LogP contribution < -0.4 is 15.8 Å². The van der Waals surface area contributed by atoms with Gasteiger partial charge in [0.05, 0.1) is 16.6 Å². The number of nitro groups is 1. The average molecular weight is 519 g/mol. The number of rotatable bonds is 5. The number of piperidine rings is 1.